The Morgan fingerprint density at radius 1 is 1.15 bits per heavy atom. The van der Waals surface area contributed by atoms with E-state index in [0.717, 1.165) is 24.8 Å². The number of fused-ring (bicyclic) bond motifs is 2. The van der Waals surface area contributed by atoms with Gasteiger partial charge in [-0.1, -0.05) is 61.0 Å². The molecule has 2 aromatic carbocycles. The molecule has 40 heavy (non-hydrogen) atoms. The van der Waals surface area contributed by atoms with Crippen LogP contribution in [0.4, 0.5) is 10.1 Å². The Morgan fingerprint density at radius 2 is 1.90 bits per heavy atom. The van der Waals surface area contributed by atoms with Crippen molar-refractivity contribution < 1.29 is 24.2 Å². The van der Waals surface area contributed by atoms with Crippen LogP contribution in [0.15, 0.2) is 36.4 Å². The molecule has 4 N–H and O–H groups in total. The lowest BCUT2D eigenvalue weighted by molar-refractivity contribution is -0.122. The van der Waals surface area contributed by atoms with E-state index in [4.69, 9.17) is 23.2 Å². The SMILES string of the molecule is Cl.O=C(CCC[C@H](O)CO)[C@@H]1N[C@H](CCC2CCCC2)[C@]2(C(=O)Nc3cc(Cl)c(F)cc32)[C@H]1c1cccc(Cl)c1. The van der Waals surface area contributed by atoms with Gasteiger partial charge >= 0.3 is 0 Å². The third-order valence-corrected chi connectivity index (χ3v) is 9.47. The Bertz CT molecular complexity index is 1240. The number of anilines is 1. The molecule has 0 unspecified atom stereocenters. The van der Waals surface area contributed by atoms with Gasteiger partial charge in [-0.2, -0.15) is 0 Å². The molecule has 10 heteroatoms. The molecule has 6 nitrogen and oxygen atoms in total. The molecule has 2 aliphatic heterocycles. The van der Waals surface area contributed by atoms with Crippen LogP contribution < -0.4 is 10.6 Å². The van der Waals surface area contributed by atoms with Gasteiger partial charge in [-0.05, 0) is 67.0 Å². The van der Waals surface area contributed by atoms with Gasteiger partial charge in [-0.15, -0.1) is 12.4 Å². The zero-order valence-corrected chi connectivity index (χ0v) is 24.5. The second-order valence-electron chi connectivity index (χ2n) is 11.3. The second-order valence-corrected chi connectivity index (χ2v) is 12.1. The van der Waals surface area contributed by atoms with Crippen molar-refractivity contribution in [1.29, 1.82) is 0 Å². The van der Waals surface area contributed by atoms with E-state index in [2.05, 4.69) is 10.6 Å². The van der Waals surface area contributed by atoms with Crippen LogP contribution >= 0.6 is 35.6 Å². The Hall–Kier alpha value is -1.74. The molecule has 5 rings (SSSR count). The number of aliphatic hydroxyl groups excluding tert-OH is 2. The summed E-state index contributed by atoms with van der Waals surface area (Å²) >= 11 is 12.5. The highest BCUT2D eigenvalue weighted by atomic mass is 35.5. The second kappa shape index (κ2) is 13.1. The number of Topliss-reactive ketones (excluding diaryl/α,β-unsaturated/α-hetero) is 1. The molecule has 1 saturated carbocycles. The maximum atomic E-state index is 15.0. The first-order valence-electron chi connectivity index (χ1n) is 13.9. The van der Waals surface area contributed by atoms with Crippen molar-refractivity contribution in [3.63, 3.8) is 0 Å². The minimum Gasteiger partial charge on any atom is -0.394 e. The number of hydrogen-bond acceptors (Lipinski definition) is 5. The van der Waals surface area contributed by atoms with Crippen molar-refractivity contribution in [1.82, 2.24) is 5.32 Å². The van der Waals surface area contributed by atoms with Crippen LogP contribution in [0.5, 0.6) is 0 Å². The van der Waals surface area contributed by atoms with E-state index < -0.39 is 35.3 Å². The average Bonchev–Trinajstić information content (AvgIpc) is 3.61. The van der Waals surface area contributed by atoms with Crippen LogP contribution in [0.2, 0.25) is 10.0 Å². The largest absolute Gasteiger partial charge is 0.394 e. The summed E-state index contributed by atoms with van der Waals surface area (Å²) in [5, 5.41) is 25.9. The Kier molecular flexibility index (Phi) is 10.2. The van der Waals surface area contributed by atoms with Crippen molar-refractivity contribution in [3.8, 4) is 0 Å². The maximum Gasteiger partial charge on any atom is 0.237 e. The molecule has 3 aliphatic rings. The van der Waals surface area contributed by atoms with E-state index in [1.165, 1.54) is 25.0 Å². The van der Waals surface area contributed by atoms with Gasteiger partial charge in [0, 0.05) is 29.1 Å². The number of benzene rings is 2. The summed E-state index contributed by atoms with van der Waals surface area (Å²) in [6, 6.07) is 8.85. The van der Waals surface area contributed by atoms with Crippen LogP contribution in [0, 0.1) is 11.7 Å². The fourth-order valence-electron chi connectivity index (χ4n) is 7.12. The standard InChI is InChI=1S/C30H35Cl2FN2O4.ClH/c31-19-8-3-7-18(13-19)27-28(25(38)10-4-9-20(37)16-36)35-26(12-11-17-5-1-2-6-17)30(27)21-14-23(33)22(32)15-24(21)34-29(30)39;/h3,7-8,13-15,17,20,26-28,35-37H,1-2,4-6,9-12,16H2,(H,34,39);1H/t20-,26+,27-,28-,30-;/m0./s1. The van der Waals surface area contributed by atoms with Crippen LogP contribution in [0.25, 0.3) is 0 Å². The fourth-order valence-corrected chi connectivity index (χ4v) is 7.49. The molecule has 218 valence electrons. The molecule has 1 saturated heterocycles. The quantitative estimate of drug-likeness (QED) is 0.266. The minimum atomic E-state index is -1.24. The third-order valence-electron chi connectivity index (χ3n) is 8.95. The van der Waals surface area contributed by atoms with Gasteiger partial charge < -0.3 is 20.8 Å². The van der Waals surface area contributed by atoms with Crippen molar-refractivity contribution in [3.05, 3.63) is 63.4 Å². The number of nitrogens with one attached hydrogen (secondary N) is 2. The smallest absolute Gasteiger partial charge is 0.237 e. The lowest BCUT2D eigenvalue weighted by Gasteiger charge is -2.36. The number of carbonyl (C=O) groups excluding carboxylic acids is 2. The number of hydrogen-bond donors (Lipinski definition) is 4. The Labute approximate surface area is 250 Å². The summed E-state index contributed by atoms with van der Waals surface area (Å²) in [5.74, 6) is -1.06. The van der Waals surface area contributed by atoms with Crippen molar-refractivity contribution in [2.24, 2.45) is 5.92 Å². The first-order valence-corrected chi connectivity index (χ1v) is 14.7. The van der Waals surface area contributed by atoms with Crippen LogP contribution in [0.3, 0.4) is 0 Å². The average molecular weight is 614 g/mol. The topological polar surface area (TPSA) is 98.7 Å². The molecule has 1 aliphatic carbocycles. The molecule has 1 amide bonds. The number of carbonyl (C=O) groups is 2. The summed E-state index contributed by atoms with van der Waals surface area (Å²) in [7, 11) is 0. The number of halogens is 4. The molecular weight excluding hydrogens is 578 g/mol. The number of aliphatic hydroxyl groups is 2. The Balaban J connectivity index is 0.00000370. The molecule has 0 aromatic heterocycles. The summed E-state index contributed by atoms with van der Waals surface area (Å²) in [4.78, 5) is 27.9. The first kappa shape index (κ1) is 31.2. The van der Waals surface area contributed by atoms with Crippen molar-refractivity contribution in [2.45, 2.75) is 87.3 Å². The van der Waals surface area contributed by atoms with E-state index >= 15 is 0 Å². The summed E-state index contributed by atoms with van der Waals surface area (Å²) in [6.45, 7) is -0.363. The van der Waals surface area contributed by atoms with E-state index in [9.17, 15) is 24.2 Å². The molecule has 2 fully saturated rings. The summed E-state index contributed by atoms with van der Waals surface area (Å²) in [5.41, 5.74) is 0.458. The third kappa shape index (κ3) is 5.79. The normalized spacial score (nSPS) is 26.5. The van der Waals surface area contributed by atoms with Crippen molar-refractivity contribution in [2.75, 3.05) is 11.9 Å². The number of rotatable bonds is 10. The van der Waals surface area contributed by atoms with Crippen LogP contribution in [-0.4, -0.2) is 46.7 Å². The highest BCUT2D eigenvalue weighted by Gasteiger charge is 2.65. The van der Waals surface area contributed by atoms with Gasteiger partial charge in [0.05, 0.1) is 23.8 Å². The van der Waals surface area contributed by atoms with Gasteiger partial charge in [0.2, 0.25) is 5.91 Å². The molecule has 2 heterocycles. The van der Waals surface area contributed by atoms with Gasteiger partial charge in [-0.3, -0.25) is 9.59 Å². The molecular formula is C30H36Cl3FN2O4. The summed E-state index contributed by atoms with van der Waals surface area (Å²) in [6.07, 6.45) is 6.24. The van der Waals surface area contributed by atoms with Crippen molar-refractivity contribution >= 4 is 53.0 Å². The fraction of sp³-hybridized carbons (Fsp3) is 0.533. The zero-order valence-electron chi connectivity index (χ0n) is 22.2. The van der Waals surface area contributed by atoms with E-state index in [0.29, 0.717) is 41.5 Å². The van der Waals surface area contributed by atoms with Gasteiger partial charge in [0.15, 0.2) is 0 Å². The molecule has 0 radical (unpaired) electrons. The molecule has 1 spiro atoms. The van der Waals surface area contributed by atoms with E-state index in [1.54, 1.807) is 18.2 Å². The molecule has 0 bridgehead atoms. The first-order chi connectivity index (χ1) is 18.7. The van der Waals surface area contributed by atoms with Gasteiger partial charge in [0.25, 0.3) is 0 Å². The highest BCUT2D eigenvalue weighted by molar-refractivity contribution is 6.31. The van der Waals surface area contributed by atoms with E-state index in [-0.39, 0.29) is 42.1 Å². The number of ketones is 1. The van der Waals surface area contributed by atoms with Crippen LogP contribution in [0.1, 0.15) is 74.8 Å². The monoisotopic (exact) mass is 612 g/mol. The highest BCUT2D eigenvalue weighted by Crippen LogP contribution is 2.56. The van der Waals surface area contributed by atoms with Gasteiger partial charge in [0.1, 0.15) is 17.0 Å². The molecule has 2 aromatic rings. The van der Waals surface area contributed by atoms with Gasteiger partial charge in [-0.25, -0.2) is 4.39 Å². The van der Waals surface area contributed by atoms with Crippen LogP contribution in [-0.2, 0) is 15.0 Å². The van der Waals surface area contributed by atoms with E-state index in [1.807, 2.05) is 6.07 Å². The predicted octanol–water partition coefficient (Wildman–Crippen LogP) is 5.93. The number of amides is 1. The maximum absolute atomic E-state index is 15.0. The Morgan fingerprint density at radius 3 is 2.60 bits per heavy atom. The summed E-state index contributed by atoms with van der Waals surface area (Å²) < 4.78 is 15.0. The zero-order chi connectivity index (χ0) is 27.7. The lowest BCUT2D eigenvalue weighted by atomic mass is 9.63. The molecule has 5 atom stereocenters. The minimum absolute atomic E-state index is 0. The predicted molar refractivity (Wildman–Crippen MR) is 157 cm³/mol. The lowest BCUT2D eigenvalue weighted by Crippen LogP contribution is -2.48.